The second-order valence-electron chi connectivity index (χ2n) is 8.74. The van der Waals surface area contributed by atoms with Crippen molar-refractivity contribution < 1.29 is 14.0 Å². The highest BCUT2D eigenvalue weighted by atomic mass is 32.1. The van der Waals surface area contributed by atoms with Gasteiger partial charge in [0.2, 0.25) is 0 Å². The zero-order valence-corrected chi connectivity index (χ0v) is 18.9. The van der Waals surface area contributed by atoms with E-state index in [1.165, 1.54) is 7.11 Å². The van der Waals surface area contributed by atoms with E-state index in [4.69, 9.17) is 9.16 Å². The minimum atomic E-state index is -2.06. The molecule has 3 rings (SSSR count). The van der Waals surface area contributed by atoms with Crippen molar-refractivity contribution in [2.75, 3.05) is 7.11 Å². The molecule has 0 fully saturated rings. The van der Waals surface area contributed by atoms with Crippen LogP contribution in [0.3, 0.4) is 0 Å². The highest BCUT2D eigenvalue weighted by Crippen LogP contribution is 2.50. The van der Waals surface area contributed by atoms with E-state index in [9.17, 15) is 4.79 Å². The Kier molecular flexibility index (Phi) is 5.36. The van der Waals surface area contributed by atoms with Crippen LogP contribution in [0.25, 0.3) is 0 Å². The second-order valence-corrected chi connectivity index (χ2v) is 14.4. The van der Waals surface area contributed by atoms with Crippen LogP contribution in [0.4, 0.5) is 0 Å². The fourth-order valence-electron chi connectivity index (χ4n) is 3.49. The molecular formula is C21H29NO3SSi. The van der Waals surface area contributed by atoms with Gasteiger partial charge in [-0.05, 0) is 60.7 Å². The third-order valence-corrected chi connectivity index (χ3v) is 11.3. The predicted molar refractivity (Wildman–Crippen MR) is 112 cm³/mol. The number of carbonyl (C=O) groups excluding carboxylic acids is 1. The summed E-state index contributed by atoms with van der Waals surface area (Å²) >= 11 is 1.65. The summed E-state index contributed by atoms with van der Waals surface area (Å²) in [7, 11) is -0.638. The molecule has 1 atom stereocenters. The number of benzene rings is 1. The average Bonchev–Trinajstić information content (AvgIpc) is 3.14. The normalized spacial score (nSPS) is 20.2. The first-order valence-corrected chi connectivity index (χ1v) is 13.2. The van der Waals surface area contributed by atoms with Crippen LogP contribution in [0.1, 0.15) is 60.1 Å². The van der Waals surface area contributed by atoms with Gasteiger partial charge in [-0.1, -0.05) is 26.8 Å². The molecule has 0 saturated carbocycles. The van der Waals surface area contributed by atoms with Crippen LogP contribution < -0.4 is 0 Å². The summed E-state index contributed by atoms with van der Waals surface area (Å²) in [5.74, 6) is -0.298. The lowest BCUT2D eigenvalue weighted by Crippen LogP contribution is -2.50. The molecule has 0 spiro atoms. The number of methoxy groups -OCH3 is 1. The number of hydrogen-bond acceptors (Lipinski definition) is 5. The third kappa shape index (κ3) is 3.62. The molecule has 0 saturated heterocycles. The van der Waals surface area contributed by atoms with Crippen molar-refractivity contribution >= 4 is 25.6 Å². The molecule has 1 aromatic carbocycles. The Morgan fingerprint density at radius 2 is 2.04 bits per heavy atom. The van der Waals surface area contributed by atoms with Crippen molar-refractivity contribution in [3.63, 3.8) is 0 Å². The maximum absolute atomic E-state index is 12.0. The first-order valence-electron chi connectivity index (χ1n) is 9.42. The summed E-state index contributed by atoms with van der Waals surface area (Å²) in [5, 5.41) is 3.13. The Morgan fingerprint density at radius 1 is 1.30 bits per heavy atom. The lowest BCUT2D eigenvalue weighted by Gasteiger charge is -2.47. The summed E-state index contributed by atoms with van der Waals surface area (Å²) in [6.45, 7) is 11.4. The Morgan fingerprint density at radius 3 is 2.63 bits per heavy atom. The number of aromatic nitrogens is 1. The molecule has 0 unspecified atom stereocenters. The van der Waals surface area contributed by atoms with Crippen molar-refractivity contribution in [3.05, 3.63) is 51.5 Å². The molecule has 0 N–H and O–H groups in total. The van der Waals surface area contributed by atoms with Gasteiger partial charge in [-0.25, -0.2) is 9.78 Å². The van der Waals surface area contributed by atoms with Crippen LogP contribution >= 0.6 is 11.3 Å². The highest BCUT2D eigenvalue weighted by molar-refractivity contribution is 7.09. The molecule has 1 heterocycles. The SMILES string of the molecule is COC(=O)c1ccc2c(c1)CCC[C@@]2(O[Si](C)(C)C(C)(C)C)c1nccs1. The van der Waals surface area contributed by atoms with Gasteiger partial charge in [0.1, 0.15) is 10.6 Å². The molecule has 2 aromatic rings. The first kappa shape index (κ1) is 20.2. The van der Waals surface area contributed by atoms with E-state index in [0.717, 1.165) is 35.4 Å². The fourth-order valence-corrected chi connectivity index (χ4v) is 5.86. The van der Waals surface area contributed by atoms with Gasteiger partial charge in [0.25, 0.3) is 0 Å². The van der Waals surface area contributed by atoms with Crippen molar-refractivity contribution in [3.8, 4) is 0 Å². The maximum atomic E-state index is 12.0. The van der Waals surface area contributed by atoms with Crippen LogP contribution in [-0.4, -0.2) is 26.4 Å². The van der Waals surface area contributed by atoms with Crippen molar-refractivity contribution in [2.24, 2.45) is 0 Å². The Balaban J connectivity index is 2.16. The van der Waals surface area contributed by atoms with Crippen LogP contribution in [0.15, 0.2) is 29.8 Å². The summed E-state index contributed by atoms with van der Waals surface area (Å²) in [6, 6.07) is 5.88. The average molecular weight is 404 g/mol. The molecule has 0 bridgehead atoms. The van der Waals surface area contributed by atoms with Crippen LogP contribution in [0.2, 0.25) is 18.1 Å². The lowest BCUT2D eigenvalue weighted by atomic mass is 9.79. The summed E-state index contributed by atoms with van der Waals surface area (Å²) in [6.07, 6.45) is 4.71. The Labute approximate surface area is 167 Å². The molecule has 27 heavy (non-hydrogen) atoms. The molecule has 1 aliphatic rings. The number of esters is 1. The van der Waals surface area contributed by atoms with E-state index in [0.29, 0.717) is 5.56 Å². The number of nitrogens with zero attached hydrogens (tertiary/aromatic N) is 1. The Hall–Kier alpha value is -1.50. The fraction of sp³-hybridized carbons (Fsp3) is 0.524. The van der Waals surface area contributed by atoms with E-state index in [-0.39, 0.29) is 11.0 Å². The standard InChI is InChI=1S/C21H29NO3SSi/c1-20(2,3)27(5,6)25-21(19-22-12-13-26-19)11-7-8-15-14-16(18(23)24-4)9-10-17(15)21/h9-10,12-14H,7-8,11H2,1-6H3/t21-/m0/s1. The molecule has 1 aromatic heterocycles. The van der Waals surface area contributed by atoms with Crippen LogP contribution in [0.5, 0.6) is 0 Å². The van der Waals surface area contributed by atoms with E-state index < -0.39 is 13.9 Å². The minimum Gasteiger partial charge on any atom is -0.465 e. The first-order chi connectivity index (χ1) is 12.6. The number of rotatable bonds is 4. The van der Waals surface area contributed by atoms with E-state index in [1.807, 2.05) is 23.7 Å². The zero-order chi connectivity index (χ0) is 19.9. The van der Waals surface area contributed by atoms with E-state index in [1.54, 1.807) is 11.3 Å². The highest BCUT2D eigenvalue weighted by Gasteiger charge is 2.49. The topological polar surface area (TPSA) is 48.4 Å². The molecule has 6 heteroatoms. The minimum absolute atomic E-state index is 0.0980. The van der Waals surface area contributed by atoms with E-state index in [2.05, 4.69) is 44.9 Å². The van der Waals surface area contributed by atoms with Gasteiger partial charge in [0.05, 0.1) is 12.7 Å². The summed E-state index contributed by atoms with van der Waals surface area (Å²) in [5.41, 5.74) is 2.39. The number of thiazole rings is 1. The van der Waals surface area contributed by atoms with Gasteiger partial charge in [-0.2, -0.15) is 0 Å². The second kappa shape index (κ2) is 7.15. The van der Waals surface area contributed by atoms with E-state index >= 15 is 0 Å². The quantitative estimate of drug-likeness (QED) is 0.497. The monoisotopic (exact) mass is 403 g/mol. The van der Waals surface area contributed by atoms with Crippen molar-refractivity contribution in [1.29, 1.82) is 0 Å². The van der Waals surface area contributed by atoms with Gasteiger partial charge >= 0.3 is 5.97 Å². The molecule has 0 radical (unpaired) electrons. The molecule has 4 nitrogen and oxygen atoms in total. The summed E-state index contributed by atoms with van der Waals surface area (Å²) < 4.78 is 12.0. The van der Waals surface area contributed by atoms with Crippen LogP contribution in [0, 0.1) is 0 Å². The molecular weight excluding hydrogens is 374 g/mol. The van der Waals surface area contributed by atoms with Crippen LogP contribution in [-0.2, 0) is 21.2 Å². The van der Waals surface area contributed by atoms with Crippen molar-refractivity contribution in [2.45, 2.75) is 63.8 Å². The van der Waals surface area contributed by atoms with Gasteiger partial charge in [-0.15, -0.1) is 11.3 Å². The van der Waals surface area contributed by atoms with Gasteiger partial charge in [-0.3, -0.25) is 0 Å². The van der Waals surface area contributed by atoms with Gasteiger partial charge in [0, 0.05) is 11.6 Å². The summed E-state index contributed by atoms with van der Waals surface area (Å²) in [4.78, 5) is 16.7. The van der Waals surface area contributed by atoms with Crippen molar-refractivity contribution in [1.82, 2.24) is 4.98 Å². The van der Waals surface area contributed by atoms with Gasteiger partial charge in [0.15, 0.2) is 8.32 Å². The number of hydrogen-bond donors (Lipinski definition) is 0. The predicted octanol–water partition coefficient (Wildman–Crippen LogP) is 5.53. The Bertz CT molecular complexity index is 826. The zero-order valence-electron chi connectivity index (χ0n) is 17.1. The molecule has 0 amide bonds. The number of fused-ring (bicyclic) bond motifs is 1. The largest absolute Gasteiger partial charge is 0.465 e. The van der Waals surface area contributed by atoms with Gasteiger partial charge < -0.3 is 9.16 Å². The lowest BCUT2D eigenvalue weighted by molar-refractivity contribution is 0.0597. The molecule has 1 aliphatic carbocycles. The molecule has 146 valence electrons. The number of aryl methyl sites for hydroxylation is 1. The maximum Gasteiger partial charge on any atom is 0.337 e. The number of carbonyl (C=O) groups is 1. The molecule has 0 aliphatic heterocycles. The third-order valence-electron chi connectivity index (χ3n) is 5.95. The smallest absolute Gasteiger partial charge is 0.337 e. The number of ether oxygens (including phenoxy) is 1.